The summed E-state index contributed by atoms with van der Waals surface area (Å²) in [4.78, 5) is 34.5. The van der Waals surface area contributed by atoms with Gasteiger partial charge in [-0.05, 0) is 42.5 Å². The van der Waals surface area contributed by atoms with Crippen LogP contribution in [0.5, 0.6) is 11.5 Å². The van der Waals surface area contributed by atoms with E-state index in [1.807, 2.05) is 48.5 Å². The molecule has 0 bridgehead atoms. The second-order valence-electron chi connectivity index (χ2n) is 9.38. The Labute approximate surface area is 220 Å². The Kier molecular flexibility index (Phi) is 7.37. The molecule has 192 valence electrons. The van der Waals surface area contributed by atoms with Crippen LogP contribution in [0.2, 0.25) is 0 Å². The van der Waals surface area contributed by atoms with Crippen LogP contribution in [0.15, 0.2) is 69.8 Å². The molecule has 2 N–H and O–H groups in total. The fraction of sp³-hybridized carbons (Fsp3) is 0.345. The van der Waals surface area contributed by atoms with Gasteiger partial charge < -0.3 is 19.8 Å². The quantitative estimate of drug-likeness (QED) is 0.288. The highest BCUT2D eigenvalue weighted by molar-refractivity contribution is 7.99. The van der Waals surface area contributed by atoms with Crippen molar-refractivity contribution in [3.05, 3.63) is 86.8 Å². The van der Waals surface area contributed by atoms with Crippen molar-refractivity contribution in [2.75, 3.05) is 12.4 Å². The number of aromatic amines is 1. The summed E-state index contributed by atoms with van der Waals surface area (Å²) in [5.41, 5.74) is 3.55. The van der Waals surface area contributed by atoms with E-state index in [2.05, 4.69) is 24.1 Å². The highest BCUT2D eigenvalue weighted by Crippen LogP contribution is 2.45. The van der Waals surface area contributed by atoms with Crippen LogP contribution in [0.1, 0.15) is 62.1 Å². The molecule has 0 fully saturated rings. The minimum Gasteiger partial charge on any atom is -0.493 e. The minimum absolute atomic E-state index is 0.0597. The average Bonchev–Trinajstić information content (AvgIpc) is 2.91. The molecule has 0 radical (unpaired) electrons. The Bertz CT molecular complexity index is 1400. The number of benzene rings is 2. The number of ketones is 1. The summed E-state index contributed by atoms with van der Waals surface area (Å²) in [5, 5.41) is 4.24. The lowest BCUT2D eigenvalue weighted by Crippen LogP contribution is -2.32. The van der Waals surface area contributed by atoms with E-state index in [9.17, 15) is 9.59 Å². The molecular formula is C29H31N3O4S. The number of allylic oxidation sites excluding steroid dienone is 2. The molecule has 1 aliphatic heterocycles. The Morgan fingerprint density at radius 2 is 1.92 bits per heavy atom. The smallest absolute Gasteiger partial charge is 0.257 e. The lowest BCUT2D eigenvalue weighted by atomic mass is 9.76. The standard InChI is InChI=1S/C29H31N3O4S/c1-4-17(2)37-29-31-27-26(28(34)32-29)24(25-20(30-27)11-8-12-21(25)33)19-13-14-22(35-3)23(15-19)36-16-18-9-6-5-7-10-18/h5-7,9-10,13-15,17,24H,4,8,11-12,16H2,1-3H3,(H2,30,31,32,34). The highest BCUT2D eigenvalue weighted by atomic mass is 32.2. The Morgan fingerprint density at radius 1 is 1.11 bits per heavy atom. The van der Waals surface area contributed by atoms with E-state index in [-0.39, 0.29) is 11.3 Å². The summed E-state index contributed by atoms with van der Waals surface area (Å²) in [6, 6.07) is 15.5. The Balaban J connectivity index is 1.59. The van der Waals surface area contributed by atoms with Crippen molar-refractivity contribution in [3.8, 4) is 11.5 Å². The van der Waals surface area contributed by atoms with Crippen LogP contribution in [0, 0.1) is 0 Å². The van der Waals surface area contributed by atoms with Gasteiger partial charge in [-0.1, -0.05) is 62.0 Å². The summed E-state index contributed by atoms with van der Waals surface area (Å²) in [6.45, 7) is 4.58. The normalized spacial score (nSPS) is 17.5. The lowest BCUT2D eigenvalue weighted by molar-refractivity contribution is -0.116. The van der Waals surface area contributed by atoms with Crippen LogP contribution in [0.25, 0.3) is 0 Å². The van der Waals surface area contributed by atoms with E-state index in [0.717, 1.165) is 36.1 Å². The SMILES string of the molecule is CCC(C)Sc1nc2c(c(=O)[nH]1)C(c1ccc(OC)c(OCc3ccccc3)c1)C1=C(CCCC1=O)N2. The maximum atomic E-state index is 13.5. The predicted molar refractivity (Wildman–Crippen MR) is 146 cm³/mol. The van der Waals surface area contributed by atoms with Gasteiger partial charge in [0.2, 0.25) is 0 Å². The molecule has 5 rings (SSSR count). The first kappa shape index (κ1) is 25.1. The largest absolute Gasteiger partial charge is 0.493 e. The summed E-state index contributed by atoms with van der Waals surface area (Å²) in [5.74, 6) is 1.19. The number of aromatic nitrogens is 2. The second-order valence-corrected chi connectivity index (χ2v) is 10.8. The zero-order valence-electron chi connectivity index (χ0n) is 21.3. The van der Waals surface area contributed by atoms with E-state index in [4.69, 9.17) is 14.5 Å². The van der Waals surface area contributed by atoms with E-state index in [1.54, 1.807) is 18.9 Å². The molecule has 2 aromatic carbocycles. The molecule has 3 aromatic rings. The molecule has 7 nitrogen and oxygen atoms in total. The summed E-state index contributed by atoms with van der Waals surface area (Å²) in [7, 11) is 1.60. The van der Waals surface area contributed by atoms with Gasteiger partial charge in [0.1, 0.15) is 12.4 Å². The maximum absolute atomic E-state index is 13.5. The van der Waals surface area contributed by atoms with Crippen molar-refractivity contribution >= 4 is 23.4 Å². The minimum atomic E-state index is -0.539. The van der Waals surface area contributed by atoms with Crippen molar-refractivity contribution in [2.24, 2.45) is 0 Å². The average molecular weight is 518 g/mol. The summed E-state index contributed by atoms with van der Waals surface area (Å²) in [6.07, 6.45) is 2.95. The van der Waals surface area contributed by atoms with Crippen LogP contribution in [-0.2, 0) is 11.4 Å². The number of hydrogen-bond donors (Lipinski definition) is 2. The fourth-order valence-electron chi connectivity index (χ4n) is 4.82. The topological polar surface area (TPSA) is 93.3 Å². The summed E-state index contributed by atoms with van der Waals surface area (Å²) < 4.78 is 11.7. The molecule has 8 heteroatoms. The van der Waals surface area contributed by atoms with Crippen molar-refractivity contribution in [1.82, 2.24) is 9.97 Å². The number of nitrogens with one attached hydrogen (secondary N) is 2. The van der Waals surface area contributed by atoms with Gasteiger partial charge in [0.25, 0.3) is 5.56 Å². The molecule has 37 heavy (non-hydrogen) atoms. The van der Waals surface area contributed by atoms with E-state index >= 15 is 0 Å². The monoisotopic (exact) mass is 517 g/mol. The third-order valence-electron chi connectivity index (χ3n) is 6.88. The van der Waals surface area contributed by atoms with Gasteiger partial charge in [-0.3, -0.25) is 9.59 Å². The first-order valence-corrected chi connectivity index (χ1v) is 13.5. The molecule has 2 atom stereocenters. The number of fused-ring (bicyclic) bond motifs is 1. The fourth-order valence-corrected chi connectivity index (χ4v) is 5.67. The zero-order valence-corrected chi connectivity index (χ0v) is 22.1. The van der Waals surface area contributed by atoms with Gasteiger partial charge in [-0.15, -0.1) is 0 Å². The van der Waals surface area contributed by atoms with Crippen LogP contribution in [0.3, 0.4) is 0 Å². The van der Waals surface area contributed by atoms with E-state index in [1.165, 1.54) is 0 Å². The summed E-state index contributed by atoms with van der Waals surface area (Å²) >= 11 is 1.54. The number of ether oxygens (including phenoxy) is 2. The lowest BCUT2D eigenvalue weighted by Gasteiger charge is -2.33. The van der Waals surface area contributed by atoms with Crippen molar-refractivity contribution in [2.45, 2.75) is 62.5 Å². The van der Waals surface area contributed by atoms with Gasteiger partial charge in [0, 0.05) is 28.9 Å². The van der Waals surface area contributed by atoms with Crippen LogP contribution in [0.4, 0.5) is 5.82 Å². The number of H-pyrrole nitrogens is 1. The molecule has 0 saturated heterocycles. The number of Topliss-reactive ketones (excluding diaryl/α,β-unsaturated/α-hetero) is 1. The molecule has 2 unspecified atom stereocenters. The van der Waals surface area contributed by atoms with Crippen LogP contribution < -0.4 is 20.3 Å². The molecule has 1 aliphatic carbocycles. The Hall–Kier alpha value is -3.52. The third-order valence-corrected chi connectivity index (χ3v) is 8.03. The first-order valence-electron chi connectivity index (χ1n) is 12.7. The molecule has 0 saturated carbocycles. The van der Waals surface area contributed by atoms with Gasteiger partial charge in [0.05, 0.1) is 12.7 Å². The number of carbonyl (C=O) groups is 1. The van der Waals surface area contributed by atoms with Crippen molar-refractivity contribution in [1.29, 1.82) is 0 Å². The van der Waals surface area contributed by atoms with Crippen molar-refractivity contribution < 1.29 is 14.3 Å². The maximum Gasteiger partial charge on any atom is 0.257 e. The number of carbonyl (C=O) groups excluding carboxylic acids is 1. The van der Waals surface area contributed by atoms with E-state index in [0.29, 0.717) is 51.9 Å². The molecule has 0 amide bonds. The second kappa shape index (κ2) is 10.8. The number of thioether (sulfide) groups is 1. The number of anilines is 1. The number of nitrogens with zero attached hydrogens (tertiary/aromatic N) is 1. The predicted octanol–water partition coefficient (Wildman–Crippen LogP) is 5.81. The Morgan fingerprint density at radius 3 is 2.68 bits per heavy atom. The van der Waals surface area contributed by atoms with E-state index < -0.39 is 5.92 Å². The molecule has 2 heterocycles. The van der Waals surface area contributed by atoms with Crippen LogP contribution in [-0.4, -0.2) is 28.1 Å². The van der Waals surface area contributed by atoms with Gasteiger partial charge in [0.15, 0.2) is 22.4 Å². The number of hydrogen-bond acceptors (Lipinski definition) is 7. The number of methoxy groups -OCH3 is 1. The van der Waals surface area contributed by atoms with Crippen LogP contribution >= 0.6 is 11.8 Å². The highest BCUT2D eigenvalue weighted by Gasteiger charge is 2.38. The van der Waals surface area contributed by atoms with Gasteiger partial charge in [-0.2, -0.15) is 0 Å². The van der Waals surface area contributed by atoms with Gasteiger partial charge >= 0.3 is 0 Å². The molecule has 2 aliphatic rings. The molecule has 0 spiro atoms. The van der Waals surface area contributed by atoms with Gasteiger partial charge in [-0.25, -0.2) is 4.98 Å². The first-order chi connectivity index (χ1) is 18.0. The third kappa shape index (κ3) is 5.16. The molecular weight excluding hydrogens is 486 g/mol. The van der Waals surface area contributed by atoms with Crippen molar-refractivity contribution in [3.63, 3.8) is 0 Å². The molecule has 1 aromatic heterocycles. The zero-order chi connectivity index (χ0) is 25.9. The number of rotatable bonds is 8.